The smallest absolute Gasteiger partial charge is 0.229 e. The largest absolute Gasteiger partial charge is 0.248 e. The van der Waals surface area contributed by atoms with Crippen molar-refractivity contribution in [2.75, 3.05) is 19.3 Å². The molecule has 1 aliphatic heterocycles. The van der Waals surface area contributed by atoms with Crippen LogP contribution >= 0.6 is 0 Å². The Kier molecular flexibility index (Phi) is 4.36. The van der Waals surface area contributed by atoms with Gasteiger partial charge in [0, 0.05) is 19.3 Å². The van der Waals surface area contributed by atoms with Crippen LogP contribution in [0.3, 0.4) is 0 Å². The van der Waals surface area contributed by atoms with Crippen LogP contribution in [-0.2, 0) is 19.9 Å². The van der Waals surface area contributed by atoms with Crippen LogP contribution in [0.5, 0.6) is 0 Å². The molecule has 0 radical (unpaired) electrons. The fraction of sp³-hybridized carbons (Fsp3) is 0.500. The van der Waals surface area contributed by atoms with Gasteiger partial charge in [0.1, 0.15) is 21.5 Å². The molecule has 0 atom stereocenters. The minimum atomic E-state index is -4.30. The summed E-state index contributed by atoms with van der Waals surface area (Å²) in [4.78, 5) is -0.984. The van der Waals surface area contributed by atoms with Crippen molar-refractivity contribution >= 4 is 19.9 Å². The molecule has 118 valence electrons. The van der Waals surface area contributed by atoms with Crippen molar-refractivity contribution in [1.82, 2.24) is 4.31 Å². The summed E-state index contributed by atoms with van der Waals surface area (Å²) in [5, 5.41) is -0.616. The first kappa shape index (κ1) is 16.3. The third kappa shape index (κ3) is 3.24. The van der Waals surface area contributed by atoms with Gasteiger partial charge in [0.05, 0.1) is 5.25 Å². The summed E-state index contributed by atoms with van der Waals surface area (Å²) >= 11 is 0. The van der Waals surface area contributed by atoms with E-state index >= 15 is 0 Å². The predicted octanol–water partition coefficient (Wildman–Crippen LogP) is 1.16. The zero-order valence-electron chi connectivity index (χ0n) is 11.3. The highest BCUT2D eigenvalue weighted by atomic mass is 32.2. The molecule has 2 rings (SSSR count). The summed E-state index contributed by atoms with van der Waals surface area (Å²) in [6.07, 6.45) is 1.33. The van der Waals surface area contributed by atoms with Crippen LogP contribution in [0.4, 0.5) is 8.78 Å². The SMILES string of the molecule is CS(=O)(=O)C1CCN(S(=O)(=O)c2c(F)cccc2F)CC1. The number of hydrogen-bond donors (Lipinski definition) is 0. The van der Waals surface area contributed by atoms with Gasteiger partial charge in [-0.15, -0.1) is 0 Å². The van der Waals surface area contributed by atoms with Gasteiger partial charge in [-0.1, -0.05) is 6.07 Å². The molecule has 0 aliphatic carbocycles. The summed E-state index contributed by atoms with van der Waals surface area (Å²) in [6, 6.07) is 2.83. The highest BCUT2D eigenvalue weighted by Gasteiger charge is 2.35. The number of halogens is 2. The van der Waals surface area contributed by atoms with Crippen molar-refractivity contribution in [2.24, 2.45) is 0 Å². The first-order valence-electron chi connectivity index (χ1n) is 6.27. The number of sulfonamides is 1. The van der Waals surface area contributed by atoms with Crippen LogP contribution in [0, 0.1) is 11.6 Å². The Hall–Kier alpha value is -1.06. The molecular formula is C12H15F2NO4S2. The highest BCUT2D eigenvalue weighted by Crippen LogP contribution is 2.26. The Labute approximate surface area is 122 Å². The normalized spacial score (nSPS) is 18.8. The Morgan fingerprint density at radius 3 is 1.95 bits per heavy atom. The second-order valence-electron chi connectivity index (χ2n) is 4.98. The predicted molar refractivity (Wildman–Crippen MR) is 73.0 cm³/mol. The Balaban J connectivity index is 2.27. The monoisotopic (exact) mass is 339 g/mol. The van der Waals surface area contributed by atoms with Crippen molar-refractivity contribution in [1.29, 1.82) is 0 Å². The number of sulfone groups is 1. The van der Waals surface area contributed by atoms with Crippen molar-refractivity contribution in [3.63, 3.8) is 0 Å². The van der Waals surface area contributed by atoms with Gasteiger partial charge in [-0.25, -0.2) is 25.6 Å². The highest BCUT2D eigenvalue weighted by molar-refractivity contribution is 7.91. The maximum atomic E-state index is 13.6. The van der Waals surface area contributed by atoms with Gasteiger partial charge in [0.2, 0.25) is 10.0 Å². The quantitative estimate of drug-likeness (QED) is 0.829. The van der Waals surface area contributed by atoms with Gasteiger partial charge in [-0.2, -0.15) is 4.31 Å². The molecule has 1 aliphatic rings. The molecule has 5 nitrogen and oxygen atoms in total. The number of hydrogen-bond acceptors (Lipinski definition) is 4. The molecule has 1 aromatic carbocycles. The minimum absolute atomic E-state index is 0.0756. The average molecular weight is 339 g/mol. The number of rotatable bonds is 3. The molecule has 9 heteroatoms. The van der Waals surface area contributed by atoms with Gasteiger partial charge in [0.15, 0.2) is 4.90 Å². The summed E-state index contributed by atoms with van der Waals surface area (Å²) in [7, 11) is -7.55. The number of benzene rings is 1. The zero-order valence-corrected chi connectivity index (χ0v) is 12.9. The summed E-state index contributed by atoms with van der Waals surface area (Å²) in [6.45, 7) is -0.151. The molecule has 0 N–H and O–H groups in total. The maximum absolute atomic E-state index is 13.6. The van der Waals surface area contributed by atoms with Gasteiger partial charge in [0.25, 0.3) is 0 Å². The molecule has 0 amide bonds. The lowest BCUT2D eigenvalue weighted by atomic mass is 10.2. The van der Waals surface area contributed by atoms with Crippen molar-refractivity contribution in [3.05, 3.63) is 29.8 Å². The summed E-state index contributed by atoms with van der Waals surface area (Å²) in [5.74, 6) is -2.31. The van der Waals surface area contributed by atoms with Gasteiger partial charge in [-0.05, 0) is 25.0 Å². The minimum Gasteiger partial charge on any atom is -0.229 e. The van der Waals surface area contributed by atoms with Crippen molar-refractivity contribution in [2.45, 2.75) is 23.0 Å². The third-order valence-corrected chi connectivity index (χ3v) is 7.16. The van der Waals surface area contributed by atoms with E-state index in [-0.39, 0.29) is 25.9 Å². The second kappa shape index (κ2) is 5.62. The number of piperidine rings is 1. The molecule has 1 fully saturated rings. The maximum Gasteiger partial charge on any atom is 0.248 e. The molecule has 1 saturated heterocycles. The lowest BCUT2D eigenvalue weighted by Gasteiger charge is -2.30. The Morgan fingerprint density at radius 2 is 1.52 bits per heavy atom. The lowest BCUT2D eigenvalue weighted by molar-refractivity contribution is 0.342. The van der Waals surface area contributed by atoms with Crippen LogP contribution in [0.15, 0.2) is 23.1 Å². The van der Waals surface area contributed by atoms with Crippen molar-refractivity contribution < 1.29 is 25.6 Å². The van der Waals surface area contributed by atoms with E-state index in [2.05, 4.69) is 0 Å². The van der Waals surface area contributed by atoms with Crippen LogP contribution < -0.4 is 0 Å². The molecule has 21 heavy (non-hydrogen) atoms. The van der Waals surface area contributed by atoms with Crippen LogP contribution in [0.1, 0.15) is 12.8 Å². The van der Waals surface area contributed by atoms with E-state index in [1.165, 1.54) is 0 Å². The molecule has 1 heterocycles. The molecule has 1 aromatic rings. The zero-order chi connectivity index (χ0) is 15.8. The molecule has 0 saturated carbocycles. The second-order valence-corrected chi connectivity index (χ2v) is 9.18. The lowest BCUT2D eigenvalue weighted by Crippen LogP contribution is -2.42. The van der Waals surface area contributed by atoms with Crippen molar-refractivity contribution in [3.8, 4) is 0 Å². The summed E-state index contributed by atoms with van der Waals surface area (Å²) < 4.78 is 75.6. The molecule has 0 spiro atoms. The van der Waals surface area contributed by atoms with Crippen LogP contribution in [0.25, 0.3) is 0 Å². The molecular weight excluding hydrogens is 324 g/mol. The van der Waals surface area contributed by atoms with Gasteiger partial charge < -0.3 is 0 Å². The van der Waals surface area contributed by atoms with E-state index in [9.17, 15) is 25.6 Å². The molecule has 0 aromatic heterocycles. The standard InChI is InChI=1S/C12H15F2NO4S2/c1-20(16,17)9-5-7-15(8-6-9)21(18,19)12-10(13)3-2-4-11(12)14/h2-4,9H,5-8H2,1H3. The first-order chi connectivity index (χ1) is 9.64. The fourth-order valence-electron chi connectivity index (χ4n) is 2.36. The first-order valence-corrected chi connectivity index (χ1v) is 9.66. The molecule has 0 unspecified atom stereocenters. The van der Waals surface area contributed by atoms with E-state index in [1.54, 1.807) is 0 Å². The average Bonchev–Trinajstić information content (AvgIpc) is 2.37. The van der Waals surface area contributed by atoms with Gasteiger partial charge in [-0.3, -0.25) is 0 Å². The Morgan fingerprint density at radius 1 is 1.05 bits per heavy atom. The van der Waals surface area contributed by atoms with E-state index in [1.807, 2.05) is 0 Å². The Bertz CT molecular complexity index is 718. The van der Waals surface area contributed by atoms with Crippen LogP contribution in [-0.4, -0.2) is 45.7 Å². The summed E-state index contributed by atoms with van der Waals surface area (Å²) in [5.41, 5.74) is 0. The van der Waals surface area contributed by atoms with E-state index in [0.29, 0.717) is 0 Å². The third-order valence-electron chi connectivity index (χ3n) is 3.52. The molecule has 0 bridgehead atoms. The fourth-order valence-corrected chi connectivity index (χ4v) is 5.00. The van der Waals surface area contributed by atoms with E-state index in [4.69, 9.17) is 0 Å². The van der Waals surface area contributed by atoms with E-state index in [0.717, 1.165) is 28.8 Å². The van der Waals surface area contributed by atoms with Crippen LogP contribution in [0.2, 0.25) is 0 Å². The topological polar surface area (TPSA) is 71.5 Å². The van der Waals surface area contributed by atoms with Gasteiger partial charge >= 0.3 is 0 Å². The van der Waals surface area contributed by atoms with E-state index < -0.39 is 41.6 Å². The number of nitrogens with zero attached hydrogens (tertiary/aromatic N) is 1.